The number of rotatable bonds is 13. The molecule has 1 heterocycles. The Kier molecular flexibility index (Phi) is 13.2. The molecule has 0 aromatic carbocycles. The summed E-state index contributed by atoms with van der Waals surface area (Å²) in [7, 11) is 0. The molecule has 0 aromatic rings. The summed E-state index contributed by atoms with van der Waals surface area (Å²) in [5, 5.41) is 5.34. The Labute approximate surface area is 227 Å². The van der Waals surface area contributed by atoms with Crippen LogP contribution >= 0.6 is 0 Å². The third kappa shape index (κ3) is 10.6. The maximum atomic E-state index is 13.5. The van der Waals surface area contributed by atoms with Crippen LogP contribution in [0.4, 0.5) is 4.79 Å². The van der Waals surface area contributed by atoms with Crippen LogP contribution in [0.15, 0.2) is 0 Å². The minimum absolute atomic E-state index is 0.0741. The fourth-order valence-electron chi connectivity index (χ4n) is 4.28. The van der Waals surface area contributed by atoms with Gasteiger partial charge in [-0.25, -0.2) is 9.59 Å². The van der Waals surface area contributed by atoms with E-state index in [1.165, 1.54) is 11.8 Å². The molecule has 0 aliphatic carbocycles. The number of hydrogen-bond acceptors (Lipinski definition) is 7. The molecule has 10 nitrogen and oxygen atoms in total. The maximum absolute atomic E-state index is 13.5. The van der Waals surface area contributed by atoms with E-state index >= 15 is 0 Å². The van der Waals surface area contributed by atoms with Crippen LogP contribution in [0, 0.1) is 17.8 Å². The maximum Gasteiger partial charge on any atom is 0.408 e. The first-order valence-corrected chi connectivity index (χ1v) is 13.9. The number of ether oxygens (including phenoxy) is 2. The summed E-state index contributed by atoms with van der Waals surface area (Å²) in [6.07, 6.45) is 2.44. The molecule has 38 heavy (non-hydrogen) atoms. The van der Waals surface area contributed by atoms with Crippen molar-refractivity contribution in [1.82, 2.24) is 15.5 Å². The monoisotopic (exact) mass is 539 g/mol. The summed E-state index contributed by atoms with van der Waals surface area (Å²) >= 11 is 0. The number of amides is 3. The van der Waals surface area contributed by atoms with Gasteiger partial charge >= 0.3 is 12.1 Å². The van der Waals surface area contributed by atoms with Crippen molar-refractivity contribution < 1.29 is 33.4 Å². The van der Waals surface area contributed by atoms with Crippen LogP contribution in [0.5, 0.6) is 0 Å². The lowest BCUT2D eigenvalue weighted by molar-refractivity contribution is -0.154. The van der Waals surface area contributed by atoms with E-state index in [-0.39, 0.29) is 17.7 Å². The quantitative estimate of drug-likeness (QED) is 0.208. The van der Waals surface area contributed by atoms with Crippen molar-refractivity contribution in [1.29, 1.82) is 0 Å². The first-order chi connectivity index (χ1) is 17.6. The summed E-state index contributed by atoms with van der Waals surface area (Å²) in [5.74, 6) is -3.19. The van der Waals surface area contributed by atoms with E-state index in [1.54, 1.807) is 34.6 Å². The third-order valence-electron chi connectivity index (χ3n) is 6.34. The SMILES string of the molecule is CCCCOC(=O)[C@@H]1CCCN1C(=O)[C@H](CC(C)C)NC(=O)C(C)C(=O)[C@@H](NC(=O)OC(C)(C)C)C(C)C. The molecule has 1 aliphatic rings. The van der Waals surface area contributed by atoms with Gasteiger partial charge in [0.25, 0.3) is 0 Å². The number of nitrogens with one attached hydrogen (secondary N) is 2. The van der Waals surface area contributed by atoms with Gasteiger partial charge in [0.15, 0.2) is 5.78 Å². The fraction of sp³-hybridized carbons (Fsp3) is 0.821. The number of esters is 1. The molecule has 3 amide bonds. The highest BCUT2D eigenvalue weighted by molar-refractivity contribution is 6.05. The fourth-order valence-corrected chi connectivity index (χ4v) is 4.28. The highest BCUT2D eigenvalue weighted by Gasteiger charge is 2.40. The van der Waals surface area contributed by atoms with Gasteiger partial charge in [0, 0.05) is 6.54 Å². The Morgan fingerprint density at radius 2 is 1.63 bits per heavy atom. The van der Waals surface area contributed by atoms with Crippen LogP contribution in [0.3, 0.4) is 0 Å². The van der Waals surface area contributed by atoms with E-state index in [9.17, 15) is 24.0 Å². The lowest BCUT2D eigenvalue weighted by Gasteiger charge is -2.30. The molecule has 218 valence electrons. The Balaban J connectivity index is 2.98. The Morgan fingerprint density at radius 3 is 2.16 bits per heavy atom. The van der Waals surface area contributed by atoms with Gasteiger partial charge in [-0.3, -0.25) is 14.4 Å². The Morgan fingerprint density at radius 1 is 1.00 bits per heavy atom. The van der Waals surface area contributed by atoms with Crippen LogP contribution in [0.25, 0.3) is 0 Å². The molecule has 1 aliphatic heterocycles. The molecule has 0 radical (unpaired) electrons. The number of nitrogens with zero attached hydrogens (tertiary/aromatic N) is 1. The van der Waals surface area contributed by atoms with Gasteiger partial charge in [-0.2, -0.15) is 0 Å². The summed E-state index contributed by atoms with van der Waals surface area (Å²) in [5.41, 5.74) is -0.738. The number of likely N-dealkylation sites (tertiary alicyclic amines) is 1. The second-order valence-corrected chi connectivity index (χ2v) is 11.9. The summed E-state index contributed by atoms with van der Waals surface area (Å²) < 4.78 is 10.6. The number of carbonyl (C=O) groups excluding carboxylic acids is 5. The number of carbonyl (C=O) groups is 5. The molecule has 2 N–H and O–H groups in total. The minimum atomic E-state index is -1.12. The van der Waals surface area contributed by atoms with Gasteiger partial charge in [0.1, 0.15) is 17.7 Å². The summed E-state index contributed by atoms with van der Waals surface area (Å²) in [6, 6.07) is -2.50. The molecule has 1 unspecified atom stereocenters. The van der Waals surface area contributed by atoms with Crippen LogP contribution in [-0.4, -0.2) is 71.4 Å². The Hall–Kier alpha value is -2.65. The number of unbranched alkanes of at least 4 members (excludes halogenated alkanes) is 1. The van der Waals surface area contributed by atoms with Crippen molar-refractivity contribution in [3.8, 4) is 0 Å². The summed E-state index contributed by atoms with van der Waals surface area (Å²) in [6.45, 7) is 16.7. The van der Waals surface area contributed by atoms with E-state index in [0.29, 0.717) is 32.4 Å². The van der Waals surface area contributed by atoms with Gasteiger partial charge in [-0.05, 0) is 65.2 Å². The third-order valence-corrected chi connectivity index (χ3v) is 6.34. The molecule has 1 rings (SSSR count). The number of Topliss-reactive ketones (excluding diaryl/α,β-unsaturated/α-hetero) is 1. The average Bonchev–Trinajstić information content (AvgIpc) is 3.29. The normalized spacial score (nSPS) is 18.1. The largest absolute Gasteiger partial charge is 0.464 e. The van der Waals surface area contributed by atoms with E-state index in [1.807, 2.05) is 20.8 Å². The molecule has 4 atom stereocenters. The highest BCUT2D eigenvalue weighted by atomic mass is 16.6. The number of hydrogen-bond donors (Lipinski definition) is 2. The van der Waals surface area contributed by atoms with Crippen molar-refractivity contribution in [2.45, 2.75) is 118 Å². The van der Waals surface area contributed by atoms with Crippen LogP contribution in [0.2, 0.25) is 0 Å². The first-order valence-electron chi connectivity index (χ1n) is 13.9. The molecule has 0 spiro atoms. The minimum Gasteiger partial charge on any atom is -0.464 e. The lowest BCUT2D eigenvalue weighted by atomic mass is 9.91. The van der Waals surface area contributed by atoms with Crippen LogP contribution in [0.1, 0.15) is 94.4 Å². The summed E-state index contributed by atoms with van der Waals surface area (Å²) in [4.78, 5) is 66.4. The standard InChI is InChI=1S/C28H49N3O7/c1-10-11-15-37-26(35)21-13-12-14-31(21)25(34)20(16-17(2)3)29-24(33)19(6)23(32)22(18(4)5)30-27(36)38-28(7,8)9/h17-22H,10-16H2,1-9H3,(H,29,33)(H,30,36)/t19?,20-,21-,22-/m0/s1. The predicted octanol–water partition coefficient (Wildman–Crippen LogP) is 3.61. The number of ketones is 1. The first kappa shape index (κ1) is 33.4. The molecule has 0 saturated carbocycles. The smallest absolute Gasteiger partial charge is 0.408 e. The average molecular weight is 540 g/mol. The zero-order valence-electron chi connectivity index (χ0n) is 24.7. The topological polar surface area (TPSA) is 131 Å². The molecule has 1 fully saturated rings. The van der Waals surface area contributed by atoms with E-state index < -0.39 is 53.4 Å². The van der Waals surface area contributed by atoms with Gasteiger partial charge in [0.05, 0.1) is 18.6 Å². The molecule has 0 bridgehead atoms. The predicted molar refractivity (Wildman–Crippen MR) is 144 cm³/mol. The van der Waals surface area contributed by atoms with Crippen molar-refractivity contribution in [2.75, 3.05) is 13.2 Å². The molecule has 0 aromatic heterocycles. The van der Waals surface area contributed by atoms with E-state index in [0.717, 1.165) is 12.8 Å². The van der Waals surface area contributed by atoms with Crippen LogP contribution in [-0.2, 0) is 28.7 Å². The molecule has 1 saturated heterocycles. The second kappa shape index (κ2) is 15.1. The van der Waals surface area contributed by atoms with Crippen molar-refractivity contribution in [2.24, 2.45) is 17.8 Å². The lowest BCUT2D eigenvalue weighted by Crippen LogP contribution is -2.55. The van der Waals surface area contributed by atoms with Crippen LogP contribution < -0.4 is 10.6 Å². The van der Waals surface area contributed by atoms with Gasteiger partial charge in [-0.1, -0.05) is 41.0 Å². The highest BCUT2D eigenvalue weighted by Crippen LogP contribution is 2.22. The van der Waals surface area contributed by atoms with Gasteiger partial charge in [0.2, 0.25) is 11.8 Å². The van der Waals surface area contributed by atoms with E-state index in [2.05, 4.69) is 10.6 Å². The van der Waals surface area contributed by atoms with Crippen molar-refractivity contribution in [3.63, 3.8) is 0 Å². The second-order valence-electron chi connectivity index (χ2n) is 11.9. The number of alkyl carbamates (subject to hydrolysis) is 1. The zero-order chi connectivity index (χ0) is 29.2. The molecule has 10 heteroatoms. The van der Waals surface area contributed by atoms with Gasteiger partial charge < -0.3 is 25.0 Å². The van der Waals surface area contributed by atoms with E-state index in [4.69, 9.17) is 9.47 Å². The van der Waals surface area contributed by atoms with Crippen molar-refractivity contribution in [3.05, 3.63) is 0 Å². The zero-order valence-corrected chi connectivity index (χ0v) is 24.7. The van der Waals surface area contributed by atoms with Crippen molar-refractivity contribution >= 4 is 29.7 Å². The molecular formula is C28H49N3O7. The molecular weight excluding hydrogens is 490 g/mol. The van der Waals surface area contributed by atoms with Gasteiger partial charge in [-0.15, -0.1) is 0 Å². The Bertz CT molecular complexity index is 835.